The van der Waals surface area contributed by atoms with Crippen LogP contribution >= 0.6 is 22.9 Å². The van der Waals surface area contributed by atoms with E-state index in [-0.39, 0.29) is 11.6 Å². The number of aryl methyl sites for hydroxylation is 2. The fraction of sp³-hybridized carbons (Fsp3) is 0.250. The Labute approximate surface area is 205 Å². The van der Waals surface area contributed by atoms with Crippen molar-refractivity contribution in [3.63, 3.8) is 0 Å². The van der Waals surface area contributed by atoms with E-state index in [1.54, 1.807) is 11.0 Å². The molecule has 0 unspecified atom stereocenters. The van der Waals surface area contributed by atoms with E-state index in [2.05, 4.69) is 10.4 Å². The van der Waals surface area contributed by atoms with Gasteiger partial charge in [0.1, 0.15) is 10.8 Å². The van der Waals surface area contributed by atoms with Crippen molar-refractivity contribution in [3.05, 3.63) is 75.0 Å². The number of carbonyl (C=O) groups is 1. The van der Waals surface area contributed by atoms with Crippen LogP contribution in [-0.4, -0.2) is 51.7 Å². The zero-order valence-electron chi connectivity index (χ0n) is 18.8. The van der Waals surface area contributed by atoms with E-state index >= 15 is 0 Å². The van der Waals surface area contributed by atoms with Gasteiger partial charge in [0, 0.05) is 37.8 Å². The van der Waals surface area contributed by atoms with Gasteiger partial charge in [0.25, 0.3) is 5.56 Å². The van der Waals surface area contributed by atoms with E-state index < -0.39 is 0 Å². The molecule has 4 aromatic rings. The Kier molecular flexibility index (Phi) is 5.97. The summed E-state index contributed by atoms with van der Waals surface area (Å²) in [6.45, 7) is 6.12. The monoisotopic (exact) mass is 494 g/mol. The lowest BCUT2D eigenvalue weighted by Crippen LogP contribution is -2.50. The molecule has 2 aromatic heterocycles. The molecule has 1 N–H and O–H groups in total. The summed E-state index contributed by atoms with van der Waals surface area (Å²) in [6.07, 6.45) is 0. The molecule has 2 amide bonds. The van der Waals surface area contributed by atoms with Crippen molar-refractivity contribution in [3.8, 4) is 10.6 Å². The predicted octanol–water partition coefficient (Wildman–Crippen LogP) is 4.44. The number of hydrogen-bond acceptors (Lipinski definition) is 6. The second kappa shape index (κ2) is 9.08. The van der Waals surface area contributed by atoms with E-state index in [1.165, 1.54) is 21.9 Å². The lowest BCUT2D eigenvalue weighted by molar-refractivity contribution is 0.208. The Morgan fingerprint density at radius 2 is 1.82 bits per heavy atom. The molecule has 1 aliphatic rings. The van der Waals surface area contributed by atoms with Gasteiger partial charge in [0.15, 0.2) is 0 Å². The number of piperazine rings is 1. The molecule has 0 spiro atoms. The number of aromatic nitrogens is 3. The summed E-state index contributed by atoms with van der Waals surface area (Å²) >= 11 is 7.64. The maximum Gasteiger partial charge on any atom is 0.322 e. The smallest absolute Gasteiger partial charge is 0.322 e. The molecule has 0 aliphatic carbocycles. The SMILES string of the molecule is Cc1ccc(NC(=O)N2CCN(c3cc(=O)n4nc(-c5ccccc5C)sc4n3)CC2)c(Cl)c1. The third-order valence-electron chi connectivity index (χ3n) is 5.86. The number of benzene rings is 2. The first kappa shape index (κ1) is 22.4. The highest BCUT2D eigenvalue weighted by molar-refractivity contribution is 7.19. The van der Waals surface area contributed by atoms with Gasteiger partial charge >= 0.3 is 6.03 Å². The van der Waals surface area contributed by atoms with Crippen LogP contribution in [-0.2, 0) is 0 Å². The molecule has 174 valence electrons. The zero-order valence-corrected chi connectivity index (χ0v) is 20.4. The molecule has 0 saturated carbocycles. The molecule has 5 rings (SSSR count). The summed E-state index contributed by atoms with van der Waals surface area (Å²) in [4.78, 5) is 34.5. The molecule has 2 aromatic carbocycles. The van der Waals surface area contributed by atoms with Gasteiger partial charge in [-0.25, -0.2) is 9.78 Å². The van der Waals surface area contributed by atoms with Crippen molar-refractivity contribution in [1.29, 1.82) is 0 Å². The minimum atomic E-state index is -0.217. The van der Waals surface area contributed by atoms with Crippen molar-refractivity contribution in [2.24, 2.45) is 0 Å². The molecule has 8 nitrogen and oxygen atoms in total. The van der Waals surface area contributed by atoms with Crippen LogP contribution in [0.4, 0.5) is 16.3 Å². The van der Waals surface area contributed by atoms with Crippen LogP contribution in [0, 0.1) is 13.8 Å². The lowest BCUT2D eigenvalue weighted by Gasteiger charge is -2.35. The third-order valence-corrected chi connectivity index (χ3v) is 7.12. The Hall–Kier alpha value is -3.43. The number of halogens is 1. The number of nitrogens with one attached hydrogen (secondary N) is 1. The number of hydrogen-bond donors (Lipinski definition) is 1. The standard InChI is InChI=1S/C24H23ClN6O2S/c1-15-7-8-19(18(25)13-15)26-23(33)30-11-9-29(10-12-30)20-14-21(32)31-24(27-20)34-22(28-31)17-6-4-3-5-16(17)2/h3-8,13-14H,9-12H2,1-2H3,(H,26,33). The summed E-state index contributed by atoms with van der Waals surface area (Å²) in [5.74, 6) is 0.603. The number of urea groups is 1. The Balaban J connectivity index is 1.30. The average Bonchev–Trinajstić information content (AvgIpc) is 3.26. The van der Waals surface area contributed by atoms with Crippen LogP contribution in [0.2, 0.25) is 5.02 Å². The van der Waals surface area contributed by atoms with E-state index in [1.807, 2.05) is 55.1 Å². The number of fused-ring (bicyclic) bond motifs is 1. The van der Waals surface area contributed by atoms with E-state index in [4.69, 9.17) is 16.6 Å². The molecular weight excluding hydrogens is 472 g/mol. The van der Waals surface area contributed by atoms with Gasteiger partial charge in [0.2, 0.25) is 4.96 Å². The highest BCUT2D eigenvalue weighted by Gasteiger charge is 2.23. The second-order valence-corrected chi connectivity index (χ2v) is 9.62. The summed E-state index contributed by atoms with van der Waals surface area (Å²) in [5.41, 5.74) is 3.49. The van der Waals surface area contributed by atoms with E-state index in [0.717, 1.165) is 21.7 Å². The third kappa shape index (κ3) is 4.36. The molecule has 0 radical (unpaired) electrons. The summed E-state index contributed by atoms with van der Waals surface area (Å²) in [7, 11) is 0. The first-order valence-corrected chi connectivity index (χ1v) is 12.1. The van der Waals surface area contributed by atoms with Crippen LogP contribution in [0.25, 0.3) is 15.5 Å². The Morgan fingerprint density at radius 3 is 2.56 bits per heavy atom. The first-order valence-electron chi connectivity index (χ1n) is 10.9. The summed E-state index contributed by atoms with van der Waals surface area (Å²) in [5, 5.41) is 8.64. The van der Waals surface area contributed by atoms with Gasteiger partial charge in [-0.15, -0.1) is 0 Å². The van der Waals surface area contributed by atoms with Crippen molar-refractivity contribution in [2.45, 2.75) is 13.8 Å². The topological polar surface area (TPSA) is 82.8 Å². The Bertz CT molecular complexity index is 1440. The maximum atomic E-state index is 12.8. The van der Waals surface area contributed by atoms with Crippen molar-refractivity contribution < 1.29 is 4.79 Å². The number of carbonyl (C=O) groups excluding carboxylic acids is 1. The number of nitrogens with zero attached hydrogens (tertiary/aromatic N) is 5. The average molecular weight is 495 g/mol. The number of amides is 2. The highest BCUT2D eigenvalue weighted by Crippen LogP contribution is 2.28. The van der Waals surface area contributed by atoms with Crippen LogP contribution in [0.15, 0.2) is 53.3 Å². The van der Waals surface area contributed by atoms with Gasteiger partial charge in [-0.2, -0.15) is 9.61 Å². The van der Waals surface area contributed by atoms with Crippen molar-refractivity contribution in [2.75, 3.05) is 36.4 Å². The van der Waals surface area contributed by atoms with Gasteiger partial charge in [-0.05, 0) is 37.1 Å². The zero-order chi connectivity index (χ0) is 23.8. The molecule has 1 aliphatic heterocycles. The normalized spacial score (nSPS) is 14.0. The fourth-order valence-electron chi connectivity index (χ4n) is 3.94. The molecule has 10 heteroatoms. The van der Waals surface area contributed by atoms with E-state index in [0.29, 0.717) is 47.7 Å². The number of rotatable bonds is 3. The van der Waals surface area contributed by atoms with Gasteiger partial charge in [-0.1, -0.05) is 53.3 Å². The quantitative estimate of drug-likeness (QED) is 0.455. The predicted molar refractivity (Wildman–Crippen MR) is 136 cm³/mol. The minimum absolute atomic E-state index is 0.195. The Morgan fingerprint density at radius 1 is 1.06 bits per heavy atom. The second-order valence-electron chi connectivity index (χ2n) is 8.26. The lowest BCUT2D eigenvalue weighted by atomic mass is 10.1. The van der Waals surface area contributed by atoms with Gasteiger partial charge in [-0.3, -0.25) is 4.79 Å². The molecule has 0 atom stereocenters. The molecular formula is C24H23ClN6O2S. The highest BCUT2D eigenvalue weighted by atomic mass is 35.5. The maximum absolute atomic E-state index is 12.8. The first-order chi connectivity index (χ1) is 16.4. The molecule has 1 saturated heterocycles. The summed E-state index contributed by atoms with van der Waals surface area (Å²) < 4.78 is 1.35. The minimum Gasteiger partial charge on any atom is -0.353 e. The molecule has 0 bridgehead atoms. The molecule has 34 heavy (non-hydrogen) atoms. The van der Waals surface area contributed by atoms with E-state index in [9.17, 15) is 9.59 Å². The van der Waals surface area contributed by atoms with Crippen LogP contribution in [0.3, 0.4) is 0 Å². The largest absolute Gasteiger partial charge is 0.353 e. The fourth-order valence-corrected chi connectivity index (χ4v) is 5.21. The molecule has 3 heterocycles. The van der Waals surface area contributed by atoms with Crippen LogP contribution in [0.1, 0.15) is 11.1 Å². The molecule has 1 fully saturated rings. The van der Waals surface area contributed by atoms with Crippen molar-refractivity contribution in [1.82, 2.24) is 19.5 Å². The van der Waals surface area contributed by atoms with Gasteiger partial charge < -0.3 is 15.1 Å². The number of anilines is 2. The van der Waals surface area contributed by atoms with Crippen molar-refractivity contribution >= 4 is 45.4 Å². The summed E-state index contributed by atoms with van der Waals surface area (Å²) in [6, 6.07) is 14.8. The van der Waals surface area contributed by atoms with Crippen LogP contribution in [0.5, 0.6) is 0 Å². The van der Waals surface area contributed by atoms with Crippen LogP contribution < -0.4 is 15.8 Å². The van der Waals surface area contributed by atoms with Gasteiger partial charge in [0.05, 0.1) is 10.7 Å².